The normalized spacial score (nSPS) is 12.3. The van der Waals surface area contributed by atoms with Gasteiger partial charge in [-0.25, -0.2) is 13.2 Å². The Morgan fingerprint density at radius 2 is 1.88 bits per heavy atom. The van der Waals surface area contributed by atoms with Crippen LogP contribution in [0.15, 0.2) is 12.1 Å². The first-order chi connectivity index (χ1) is 7.95. The predicted molar refractivity (Wildman–Crippen MR) is 57.8 cm³/mol. The number of anilines is 1. The van der Waals surface area contributed by atoms with Crippen LogP contribution < -0.4 is 11.1 Å². The minimum atomic E-state index is -1.31. The van der Waals surface area contributed by atoms with Crippen LogP contribution in [0, 0.1) is 17.5 Å². The van der Waals surface area contributed by atoms with Crippen molar-refractivity contribution in [2.75, 3.05) is 5.32 Å². The lowest BCUT2D eigenvalue weighted by Gasteiger charge is -2.11. The van der Waals surface area contributed by atoms with Crippen LogP contribution in [-0.4, -0.2) is 11.9 Å². The SMILES string of the molecule is CCC[C@@H](N)C(=O)Nc1cc(F)c(F)cc1F. The molecule has 1 amide bonds. The zero-order valence-electron chi connectivity index (χ0n) is 9.27. The molecule has 6 heteroatoms. The van der Waals surface area contributed by atoms with Crippen molar-refractivity contribution < 1.29 is 18.0 Å². The summed E-state index contributed by atoms with van der Waals surface area (Å²) in [6, 6.07) is 0.157. The molecule has 94 valence electrons. The maximum atomic E-state index is 13.2. The number of hydrogen-bond donors (Lipinski definition) is 2. The summed E-state index contributed by atoms with van der Waals surface area (Å²) in [6.07, 6.45) is 1.12. The largest absolute Gasteiger partial charge is 0.322 e. The Morgan fingerprint density at radius 1 is 1.29 bits per heavy atom. The summed E-state index contributed by atoms with van der Waals surface area (Å²) >= 11 is 0. The Labute approximate surface area is 96.8 Å². The van der Waals surface area contributed by atoms with Crippen molar-refractivity contribution >= 4 is 11.6 Å². The third-order valence-corrected chi connectivity index (χ3v) is 2.20. The molecule has 0 saturated carbocycles. The molecular weight excluding hydrogens is 233 g/mol. The molecule has 0 aromatic heterocycles. The van der Waals surface area contributed by atoms with Crippen LogP contribution in [0.25, 0.3) is 0 Å². The van der Waals surface area contributed by atoms with E-state index in [9.17, 15) is 18.0 Å². The summed E-state index contributed by atoms with van der Waals surface area (Å²) in [6.45, 7) is 1.84. The molecule has 0 unspecified atom stereocenters. The van der Waals surface area contributed by atoms with Crippen molar-refractivity contribution in [3.05, 3.63) is 29.6 Å². The van der Waals surface area contributed by atoms with E-state index in [1.54, 1.807) is 0 Å². The molecule has 0 heterocycles. The van der Waals surface area contributed by atoms with E-state index in [4.69, 9.17) is 5.73 Å². The van der Waals surface area contributed by atoms with Gasteiger partial charge in [0.2, 0.25) is 5.91 Å². The van der Waals surface area contributed by atoms with Crippen LogP contribution in [0.1, 0.15) is 19.8 Å². The number of hydrogen-bond acceptors (Lipinski definition) is 2. The second-order valence-corrected chi connectivity index (χ2v) is 3.63. The highest BCUT2D eigenvalue weighted by molar-refractivity contribution is 5.94. The van der Waals surface area contributed by atoms with Crippen molar-refractivity contribution in [1.29, 1.82) is 0 Å². The van der Waals surface area contributed by atoms with Gasteiger partial charge in [0.1, 0.15) is 5.82 Å². The van der Waals surface area contributed by atoms with E-state index in [0.29, 0.717) is 25.0 Å². The number of nitrogens with two attached hydrogens (primary N) is 1. The lowest BCUT2D eigenvalue weighted by Crippen LogP contribution is -2.35. The van der Waals surface area contributed by atoms with Crippen LogP contribution >= 0.6 is 0 Å². The van der Waals surface area contributed by atoms with E-state index in [1.807, 2.05) is 6.92 Å². The van der Waals surface area contributed by atoms with Gasteiger partial charge in [-0.05, 0) is 6.42 Å². The third kappa shape index (κ3) is 3.45. The second-order valence-electron chi connectivity index (χ2n) is 3.63. The Kier molecular flexibility index (Phi) is 4.51. The first-order valence-corrected chi connectivity index (χ1v) is 5.16. The summed E-state index contributed by atoms with van der Waals surface area (Å²) in [5.74, 6) is -4.21. The molecule has 0 bridgehead atoms. The smallest absolute Gasteiger partial charge is 0.241 e. The molecule has 0 aliphatic rings. The van der Waals surface area contributed by atoms with Crippen molar-refractivity contribution in [1.82, 2.24) is 0 Å². The van der Waals surface area contributed by atoms with Gasteiger partial charge in [-0.1, -0.05) is 13.3 Å². The Bertz CT molecular complexity index is 423. The van der Waals surface area contributed by atoms with E-state index in [-0.39, 0.29) is 0 Å². The van der Waals surface area contributed by atoms with E-state index < -0.39 is 35.1 Å². The third-order valence-electron chi connectivity index (χ3n) is 2.20. The van der Waals surface area contributed by atoms with Crippen LogP contribution in [-0.2, 0) is 4.79 Å². The number of amides is 1. The average Bonchev–Trinajstić information content (AvgIpc) is 2.26. The van der Waals surface area contributed by atoms with Crippen LogP contribution in [0.4, 0.5) is 18.9 Å². The summed E-state index contributed by atoms with van der Waals surface area (Å²) in [5.41, 5.74) is 5.08. The minimum absolute atomic E-state index is 0.371. The van der Waals surface area contributed by atoms with Gasteiger partial charge in [0.15, 0.2) is 11.6 Å². The Morgan fingerprint density at radius 3 is 2.47 bits per heavy atom. The van der Waals surface area contributed by atoms with Gasteiger partial charge in [-0.15, -0.1) is 0 Å². The van der Waals surface area contributed by atoms with Crippen molar-refractivity contribution in [2.24, 2.45) is 5.73 Å². The molecule has 0 fully saturated rings. The Balaban J connectivity index is 2.81. The number of carbonyl (C=O) groups is 1. The molecule has 1 aromatic rings. The number of benzene rings is 1. The fourth-order valence-corrected chi connectivity index (χ4v) is 1.29. The van der Waals surface area contributed by atoms with Gasteiger partial charge in [-0.2, -0.15) is 0 Å². The first kappa shape index (κ1) is 13.5. The zero-order chi connectivity index (χ0) is 13.0. The van der Waals surface area contributed by atoms with Gasteiger partial charge in [-0.3, -0.25) is 4.79 Å². The molecule has 0 spiro atoms. The van der Waals surface area contributed by atoms with Gasteiger partial charge >= 0.3 is 0 Å². The quantitative estimate of drug-likeness (QED) is 0.800. The molecule has 3 N–H and O–H groups in total. The zero-order valence-corrected chi connectivity index (χ0v) is 9.27. The van der Waals surface area contributed by atoms with Crippen molar-refractivity contribution in [3.8, 4) is 0 Å². The molecule has 17 heavy (non-hydrogen) atoms. The highest BCUT2D eigenvalue weighted by Crippen LogP contribution is 2.18. The molecule has 1 aromatic carbocycles. The summed E-state index contributed by atoms with van der Waals surface area (Å²) in [4.78, 5) is 11.4. The van der Waals surface area contributed by atoms with E-state index >= 15 is 0 Å². The molecule has 0 radical (unpaired) electrons. The fraction of sp³-hybridized carbons (Fsp3) is 0.364. The standard InChI is InChI=1S/C11H13F3N2O/c1-2-3-9(15)11(17)16-10-5-7(13)6(12)4-8(10)14/h4-5,9H,2-3,15H2,1H3,(H,16,17)/t9-/m1/s1. The fourth-order valence-electron chi connectivity index (χ4n) is 1.29. The van der Waals surface area contributed by atoms with Gasteiger partial charge in [0, 0.05) is 12.1 Å². The lowest BCUT2D eigenvalue weighted by molar-refractivity contribution is -0.117. The first-order valence-electron chi connectivity index (χ1n) is 5.16. The average molecular weight is 246 g/mol. The Hall–Kier alpha value is -1.56. The minimum Gasteiger partial charge on any atom is -0.322 e. The summed E-state index contributed by atoms with van der Waals surface area (Å²) < 4.78 is 38.6. The number of rotatable bonds is 4. The summed E-state index contributed by atoms with van der Waals surface area (Å²) in [5, 5.41) is 2.12. The van der Waals surface area contributed by atoms with Gasteiger partial charge in [0.25, 0.3) is 0 Å². The van der Waals surface area contributed by atoms with E-state index in [1.165, 1.54) is 0 Å². The lowest BCUT2D eigenvalue weighted by atomic mass is 10.1. The number of halogens is 3. The maximum absolute atomic E-state index is 13.2. The van der Waals surface area contributed by atoms with Crippen molar-refractivity contribution in [3.63, 3.8) is 0 Å². The van der Waals surface area contributed by atoms with E-state index in [2.05, 4.69) is 5.32 Å². The highest BCUT2D eigenvalue weighted by atomic mass is 19.2. The van der Waals surface area contributed by atoms with Gasteiger partial charge < -0.3 is 11.1 Å². The molecule has 1 rings (SSSR count). The van der Waals surface area contributed by atoms with Crippen LogP contribution in [0.5, 0.6) is 0 Å². The maximum Gasteiger partial charge on any atom is 0.241 e. The molecule has 0 saturated heterocycles. The summed E-state index contributed by atoms with van der Waals surface area (Å²) in [7, 11) is 0. The molecule has 1 atom stereocenters. The topological polar surface area (TPSA) is 55.1 Å². The predicted octanol–water partition coefficient (Wildman–Crippen LogP) is 2.17. The van der Waals surface area contributed by atoms with Crippen LogP contribution in [0.3, 0.4) is 0 Å². The molecule has 3 nitrogen and oxygen atoms in total. The van der Waals surface area contributed by atoms with Gasteiger partial charge in [0.05, 0.1) is 11.7 Å². The highest BCUT2D eigenvalue weighted by Gasteiger charge is 2.16. The van der Waals surface area contributed by atoms with Crippen molar-refractivity contribution in [2.45, 2.75) is 25.8 Å². The van der Waals surface area contributed by atoms with E-state index in [0.717, 1.165) is 0 Å². The van der Waals surface area contributed by atoms with Crippen LogP contribution in [0.2, 0.25) is 0 Å². The number of nitrogens with one attached hydrogen (secondary N) is 1. The number of carbonyl (C=O) groups excluding carboxylic acids is 1. The molecular formula is C11H13F3N2O. The molecule has 0 aliphatic carbocycles. The molecule has 0 aliphatic heterocycles. The monoisotopic (exact) mass is 246 g/mol. The second kappa shape index (κ2) is 5.67.